The second kappa shape index (κ2) is 7.46. The monoisotopic (exact) mass is 446 g/mol. The molecule has 0 aromatic heterocycles. The largest absolute Gasteiger partial charge is 0.504 e. The predicted octanol–water partition coefficient (Wildman–Crippen LogP) is 1.72. The number of hydrogen-bond donors (Lipinski definition) is 3. The molecule has 0 amide bonds. The molecule has 0 radical (unpaired) electrons. The van der Waals surface area contributed by atoms with Crippen molar-refractivity contribution in [1.82, 2.24) is 10.2 Å². The molecule has 2 heterocycles. The van der Waals surface area contributed by atoms with Crippen LogP contribution in [0.5, 0.6) is 11.5 Å². The van der Waals surface area contributed by atoms with Gasteiger partial charge in [0.25, 0.3) is 0 Å². The molecule has 2 fully saturated rings. The molecule has 5 atom stereocenters. The lowest BCUT2D eigenvalue weighted by molar-refractivity contribution is -0.203. The lowest BCUT2D eigenvalue weighted by atomic mass is 9.48. The number of aromatic hydroxyl groups is 1. The summed E-state index contributed by atoms with van der Waals surface area (Å²) in [7, 11) is 3.95. The number of carboxylic acid groups (broad SMARTS) is 1. The fraction of sp³-hybridized carbons (Fsp3) is 0.650. The van der Waals surface area contributed by atoms with Crippen molar-refractivity contribution in [3.8, 4) is 11.5 Å². The molecule has 3 N–H and O–H groups in total. The van der Waals surface area contributed by atoms with Crippen LogP contribution in [0.3, 0.4) is 0 Å². The number of halogens is 2. The lowest BCUT2D eigenvalue weighted by Gasteiger charge is -2.65. The van der Waals surface area contributed by atoms with Gasteiger partial charge in [0.2, 0.25) is 0 Å². The molecule has 2 aliphatic heterocycles. The Hall–Kier alpha value is -1.25. The van der Waals surface area contributed by atoms with Crippen LogP contribution in [0.4, 0.5) is 0 Å². The average molecular weight is 447 g/mol. The second-order valence-electron chi connectivity index (χ2n) is 8.42. The third kappa shape index (κ3) is 2.64. The van der Waals surface area contributed by atoms with Gasteiger partial charge in [-0.25, -0.2) is 0 Å². The minimum atomic E-state index is -0.875. The minimum Gasteiger partial charge on any atom is -0.504 e. The molecule has 2 bridgehead atoms. The molecule has 1 spiro atoms. The van der Waals surface area contributed by atoms with E-state index in [2.05, 4.69) is 17.3 Å². The standard InChI is InChI=1S/C20H26N2O5.2ClH/c1-22-8-7-19-16-11-3-4-13(23)17(16)27-18(19)12(21-10-15(24)25)5-6-20(19,26-2)14(22)9-11;;/h3-4,12,14,18,21,23H,5-10H2,1-2H3,(H,24,25);2*1H/t12-,14+,18-,19-,20+;;/m0../s1. The van der Waals surface area contributed by atoms with E-state index >= 15 is 0 Å². The molecule has 1 saturated carbocycles. The van der Waals surface area contributed by atoms with E-state index in [1.807, 2.05) is 6.07 Å². The molecule has 4 aliphatic rings. The van der Waals surface area contributed by atoms with Crippen molar-refractivity contribution in [2.24, 2.45) is 0 Å². The highest BCUT2D eigenvalue weighted by atomic mass is 35.5. The van der Waals surface area contributed by atoms with Crippen molar-refractivity contribution < 1.29 is 24.5 Å². The zero-order chi connectivity index (χ0) is 19.0. The highest BCUT2D eigenvalue weighted by Crippen LogP contribution is 2.66. The first-order valence-electron chi connectivity index (χ1n) is 9.67. The fourth-order valence-electron chi connectivity index (χ4n) is 6.57. The van der Waals surface area contributed by atoms with Gasteiger partial charge in [-0.05, 0) is 50.9 Å². The van der Waals surface area contributed by atoms with Crippen molar-refractivity contribution in [3.05, 3.63) is 23.3 Å². The van der Waals surface area contributed by atoms with Crippen molar-refractivity contribution in [3.63, 3.8) is 0 Å². The highest BCUT2D eigenvalue weighted by Gasteiger charge is 2.73. The first-order chi connectivity index (χ1) is 12.9. The van der Waals surface area contributed by atoms with Crippen LogP contribution in [0.2, 0.25) is 0 Å². The first kappa shape index (κ1) is 22.4. The van der Waals surface area contributed by atoms with E-state index in [4.69, 9.17) is 14.6 Å². The van der Waals surface area contributed by atoms with Crippen LogP contribution in [-0.2, 0) is 21.4 Å². The molecule has 1 saturated heterocycles. The van der Waals surface area contributed by atoms with Gasteiger partial charge in [-0.1, -0.05) is 6.07 Å². The number of nitrogens with zero attached hydrogens (tertiary/aromatic N) is 1. The summed E-state index contributed by atoms with van der Waals surface area (Å²) in [5.41, 5.74) is 1.56. The molecule has 0 unspecified atom stereocenters. The number of phenolic OH excluding ortho intramolecular Hbond substituents is 1. The Morgan fingerprint density at radius 1 is 1.38 bits per heavy atom. The summed E-state index contributed by atoms with van der Waals surface area (Å²) in [5, 5.41) is 22.9. The van der Waals surface area contributed by atoms with E-state index in [1.54, 1.807) is 13.2 Å². The summed E-state index contributed by atoms with van der Waals surface area (Å²) >= 11 is 0. The molecule has 5 rings (SSSR count). The summed E-state index contributed by atoms with van der Waals surface area (Å²) < 4.78 is 12.8. The minimum absolute atomic E-state index is 0. The Bertz CT molecular complexity index is 824. The Balaban J connectivity index is 0.00000120. The van der Waals surface area contributed by atoms with Gasteiger partial charge >= 0.3 is 5.97 Å². The van der Waals surface area contributed by atoms with Gasteiger partial charge in [0.05, 0.1) is 17.6 Å². The molecule has 1 aromatic rings. The first-order valence-corrected chi connectivity index (χ1v) is 9.67. The number of methoxy groups -OCH3 is 1. The number of rotatable bonds is 4. The number of carboxylic acids is 1. The molecule has 162 valence electrons. The zero-order valence-corrected chi connectivity index (χ0v) is 18.1. The third-order valence-electron chi connectivity index (χ3n) is 7.57. The van der Waals surface area contributed by atoms with E-state index in [9.17, 15) is 9.90 Å². The molecule has 7 nitrogen and oxygen atoms in total. The lowest BCUT2D eigenvalue weighted by Crippen LogP contribution is -2.78. The SMILES string of the molecule is CO[C@@]12CC[C@H](NCC(=O)O)[C@@H]3Oc4c(O)ccc5c4[C@@]31CCN(C)[C@@H]2C5.Cl.Cl. The summed E-state index contributed by atoms with van der Waals surface area (Å²) in [6.07, 6.45) is 3.11. The fourth-order valence-corrected chi connectivity index (χ4v) is 6.57. The van der Waals surface area contributed by atoms with Crippen molar-refractivity contribution in [2.75, 3.05) is 27.2 Å². The van der Waals surface area contributed by atoms with Crippen molar-refractivity contribution >= 4 is 30.8 Å². The van der Waals surface area contributed by atoms with Crippen LogP contribution in [0.25, 0.3) is 0 Å². The van der Waals surface area contributed by atoms with Gasteiger partial charge in [0, 0.05) is 24.8 Å². The maximum atomic E-state index is 11.1. The number of aliphatic carboxylic acids is 1. The third-order valence-corrected chi connectivity index (χ3v) is 7.57. The van der Waals surface area contributed by atoms with Crippen LogP contribution in [0, 0.1) is 0 Å². The summed E-state index contributed by atoms with van der Waals surface area (Å²) in [6, 6.07) is 3.89. The number of likely N-dealkylation sites (N-methyl/N-ethyl adjacent to an activating group) is 1. The number of phenols is 1. The van der Waals surface area contributed by atoms with Crippen LogP contribution in [-0.4, -0.2) is 72.1 Å². The van der Waals surface area contributed by atoms with Gasteiger partial charge in [-0.2, -0.15) is 0 Å². The van der Waals surface area contributed by atoms with E-state index in [0.29, 0.717) is 5.75 Å². The van der Waals surface area contributed by atoms with Gasteiger partial charge in [-0.3, -0.25) is 4.79 Å². The van der Waals surface area contributed by atoms with Gasteiger partial charge < -0.3 is 29.9 Å². The Kier molecular flexibility index (Phi) is 5.77. The van der Waals surface area contributed by atoms with E-state index in [-0.39, 0.29) is 60.7 Å². The average Bonchev–Trinajstić information content (AvgIpc) is 3.01. The van der Waals surface area contributed by atoms with Gasteiger partial charge in [0.15, 0.2) is 11.5 Å². The van der Waals surface area contributed by atoms with Crippen LogP contribution < -0.4 is 10.1 Å². The van der Waals surface area contributed by atoms with Crippen LogP contribution in [0.1, 0.15) is 30.4 Å². The van der Waals surface area contributed by atoms with Crippen LogP contribution >= 0.6 is 24.8 Å². The molecular formula is C20H28Cl2N2O5. The zero-order valence-electron chi connectivity index (χ0n) is 16.5. The number of ether oxygens (including phenoxy) is 2. The summed E-state index contributed by atoms with van der Waals surface area (Å²) in [4.78, 5) is 13.5. The molecule has 2 aliphatic carbocycles. The van der Waals surface area contributed by atoms with E-state index < -0.39 is 11.6 Å². The Morgan fingerprint density at radius 3 is 2.83 bits per heavy atom. The number of benzene rings is 1. The predicted molar refractivity (Wildman–Crippen MR) is 112 cm³/mol. The van der Waals surface area contributed by atoms with E-state index in [0.717, 1.165) is 37.8 Å². The van der Waals surface area contributed by atoms with E-state index in [1.165, 1.54) is 5.56 Å². The highest BCUT2D eigenvalue weighted by molar-refractivity contribution is 5.85. The van der Waals surface area contributed by atoms with Gasteiger partial charge in [-0.15, -0.1) is 24.8 Å². The van der Waals surface area contributed by atoms with Crippen molar-refractivity contribution in [2.45, 2.75) is 54.9 Å². The maximum absolute atomic E-state index is 11.1. The summed E-state index contributed by atoms with van der Waals surface area (Å²) in [6.45, 7) is 0.828. The normalized spacial score (nSPS) is 36.3. The Labute approximate surface area is 182 Å². The number of hydrogen-bond acceptors (Lipinski definition) is 6. The summed E-state index contributed by atoms with van der Waals surface area (Å²) in [5.74, 6) is -0.136. The van der Waals surface area contributed by atoms with Gasteiger partial charge in [0.1, 0.15) is 6.10 Å². The molecule has 29 heavy (non-hydrogen) atoms. The topological polar surface area (TPSA) is 91.3 Å². The number of carbonyl (C=O) groups is 1. The molecule has 9 heteroatoms. The maximum Gasteiger partial charge on any atom is 0.317 e. The smallest absolute Gasteiger partial charge is 0.317 e. The Morgan fingerprint density at radius 2 is 2.14 bits per heavy atom. The van der Waals surface area contributed by atoms with Crippen molar-refractivity contribution in [1.29, 1.82) is 0 Å². The molecule has 1 aromatic carbocycles. The number of likely N-dealkylation sites (tertiary alicyclic amines) is 1. The number of nitrogens with one attached hydrogen (secondary N) is 1. The number of piperidine rings is 1. The van der Waals surface area contributed by atoms with Crippen LogP contribution in [0.15, 0.2) is 12.1 Å². The quantitative estimate of drug-likeness (QED) is 0.648. The molecular weight excluding hydrogens is 419 g/mol. The second-order valence-corrected chi connectivity index (χ2v) is 8.42.